The Labute approximate surface area is 133 Å². The van der Waals surface area contributed by atoms with Crippen molar-refractivity contribution in [2.75, 3.05) is 6.54 Å². The van der Waals surface area contributed by atoms with Gasteiger partial charge in [-0.2, -0.15) is 0 Å². The lowest BCUT2D eigenvalue weighted by Gasteiger charge is -2.30. The molecule has 1 saturated heterocycles. The third-order valence-corrected chi connectivity index (χ3v) is 6.16. The normalized spacial score (nSPS) is 45.6. The molecule has 3 aliphatic carbocycles. The number of ether oxygens (including phenoxy) is 1. The first-order valence-electron chi connectivity index (χ1n) is 8.14. The fraction of sp³-hybridized carbons (Fsp3) is 0.875. The van der Waals surface area contributed by atoms with Crippen molar-refractivity contribution in [2.24, 2.45) is 35.5 Å². The Balaban J connectivity index is 1.60. The first-order valence-corrected chi connectivity index (χ1v) is 8.14. The number of halogens is 2. The van der Waals surface area contributed by atoms with Crippen molar-refractivity contribution in [3.63, 3.8) is 0 Å². The van der Waals surface area contributed by atoms with Crippen LogP contribution in [-0.2, 0) is 9.53 Å². The molecule has 3 saturated carbocycles. The SMILES string of the molecule is CC(C)(C)OC(=O)N1C[C@@H]2[C@H]3C[C@@H]([C@@H]2[C@H]1C(=O)O)[C@H]1[C@@H]3C1(F)F. The maximum Gasteiger partial charge on any atom is 0.411 e. The molecule has 5 nitrogen and oxygen atoms in total. The summed E-state index contributed by atoms with van der Waals surface area (Å²) in [5, 5.41) is 9.60. The third kappa shape index (κ3) is 1.88. The lowest BCUT2D eigenvalue weighted by Crippen LogP contribution is -2.46. The highest BCUT2D eigenvalue weighted by atomic mass is 19.3. The maximum absolute atomic E-state index is 13.8. The van der Waals surface area contributed by atoms with E-state index in [1.54, 1.807) is 20.8 Å². The number of carboxylic acids is 1. The molecule has 4 rings (SSSR count). The quantitative estimate of drug-likeness (QED) is 0.802. The van der Waals surface area contributed by atoms with Gasteiger partial charge >= 0.3 is 12.1 Å². The number of alkyl halides is 2. The van der Waals surface area contributed by atoms with Crippen molar-refractivity contribution in [3.8, 4) is 0 Å². The predicted molar refractivity (Wildman–Crippen MR) is 74.9 cm³/mol. The van der Waals surface area contributed by atoms with Crippen molar-refractivity contribution in [1.29, 1.82) is 0 Å². The van der Waals surface area contributed by atoms with Crippen LogP contribution in [0.4, 0.5) is 13.6 Å². The monoisotopic (exact) mass is 329 g/mol. The van der Waals surface area contributed by atoms with Crippen LogP contribution in [0.15, 0.2) is 0 Å². The minimum atomic E-state index is -2.63. The zero-order valence-corrected chi connectivity index (χ0v) is 13.3. The van der Waals surface area contributed by atoms with Crippen LogP contribution in [0.1, 0.15) is 27.2 Å². The number of carbonyl (C=O) groups excluding carboxylic acids is 1. The summed E-state index contributed by atoms with van der Waals surface area (Å²) in [5.74, 6) is -5.94. The van der Waals surface area contributed by atoms with Gasteiger partial charge < -0.3 is 9.84 Å². The topological polar surface area (TPSA) is 66.8 Å². The molecule has 1 aliphatic heterocycles. The van der Waals surface area contributed by atoms with Gasteiger partial charge in [-0.25, -0.2) is 18.4 Å². The van der Waals surface area contributed by atoms with Gasteiger partial charge in [0.1, 0.15) is 11.6 Å². The molecule has 0 aromatic carbocycles. The zero-order chi connectivity index (χ0) is 16.9. The Bertz CT molecular complexity index is 587. The van der Waals surface area contributed by atoms with Crippen molar-refractivity contribution in [3.05, 3.63) is 0 Å². The first kappa shape index (κ1) is 15.1. The molecule has 128 valence electrons. The molecule has 0 spiro atoms. The molecule has 0 aromatic rings. The van der Waals surface area contributed by atoms with Crippen LogP contribution < -0.4 is 0 Å². The summed E-state index contributed by atoms with van der Waals surface area (Å²) in [6, 6.07) is -1.04. The molecule has 1 N–H and O–H groups in total. The Morgan fingerprint density at radius 2 is 1.78 bits per heavy atom. The number of rotatable bonds is 1. The van der Waals surface area contributed by atoms with Gasteiger partial charge in [0, 0.05) is 18.4 Å². The van der Waals surface area contributed by atoms with Crippen molar-refractivity contribution < 1.29 is 28.2 Å². The molecule has 23 heavy (non-hydrogen) atoms. The van der Waals surface area contributed by atoms with E-state index in [4.69, 9.17) is 4.74 Å². The van der Waals surface area contributed by atoms with Gasteiger partial charge in [0.25, 0.3) is 5.92 Å². The van der Waals surface area contributed by atoms with Crippen LogP contribution in [0.25, 0.3) is 0 Å². The highest BCUT2D eigenvalue weighted by Gasteiger charge is 2.83. The summed E-state index contributed by atoms with van der Waals surface area (Å²) in [6.07, 6.45) is 0.0331. The van der Waals surface area contributed by atoms with E-state index in [2.05, 4.69) is 0 Å². The van der Waals surface area contributed by atoms with E-state index in [1.165, 1.54) is 4.90 Å². The Morgan fingerprint density at radius 1 is 1.17 bits per heavy atom. The van der Waals surface area contributed by atoms with Crippen LogP contribution in [0.3, 0.4) is 0 Å². The summed E-state index contributed by atoms with van der Waals surface area (Å²) < 4.78 is 33.0. The van der Waals surface area contributed by atoms with Gasteiger partial charge in [0.15, 0.2) is 0 Å². The van der Waals surface area contributed by atoms with Gasteiger partial charge in [-0.3, -0.25) is 4.90 Å². The largest absolute Gasteiger partial charge is 0.480 e. The van der Waals surface area contributed by atoms with Crippen molar-refractivity contribution >= 4 is 12.1 Å². The van der Waals surface area contributed by atoms with Crippen LogP contribution in [0, 0.1) is 35.5 Å². The van der Waals surface area contributed by atoms with Gasteiger partial charge in [-0.05, 0) is 50.9 Å². The first-order chi connectivity index (χ1) is 10.5. The molecule has 2 bridgehead atoms. The van der Waals surface area contributed by atoms with Crippen molar-refractivity contribution in [2.45, 2.75) is 44.8 Å². The minimum Gasteiger partial charge on any atom is -0.480 e. The third-order valence-electron chi connectivity index (χ3n) is 6.16. The van der Waals surface area contributed by atoms with E-state index in [-0.39, 0.29) is 30.2 Å². The van der Waals surface area contributed by atoms with E-state index in [1.807, 2.05) is 0 Å². The second-order valence-corrected chi connectivity index (χ2v) is 8.45. The van der Waals surface area contributed by atoms with Crippen LogP contribution in [-0.4, -0.2) is 46.2 Å². The molecule has 0 unspecified atom stereocenters. The van der Waals surface area contributed by atoms with Gasteiger partial charge in [0.05, 0.1) is 0 Å². The number of fused-ring (bicyclic) bond motifs is 8. The number of nitrogens with zero attached hydrogens (tertiary/aromatic N) is 1. The number of aliphatic carboxylic acids is 1. The average molecular weight is 329 g/mol. The summed E-state index contributed by atoms with van der Waals surface area (Å²) in [4.78, 5) is 25.4. The highest BCUT2D eigenvalue weighted by Crippen LogP contribution is 2.78. The van der Waals surface area contributed by atoms with Crippen LogP contribution in [0.5, 0.6) is 0 Å². The van der Waals surface area contributed by atoms with E-state index < -0.39 is 41.5 Å². The van der Waals surface area contributed by atoms with Gasteiger partial charge in [-0.15, -0.1) is 0 Å². The Kier molecular flexibility index (Phi) is 2.74. The minimum absolute atomic E-state index is 0.136. The lowest BCUT2D eigenvalue weighted by atomic mass is 9.78. The van der Waals surface area contributed by atoms with E-state index in [0.717, 1.165) is 0 Å². The smallest absolute Gasteiger partial charge is 0.411 e. The van der Waals surface area contributed by atoms with Gasteiger partial charge in [0.2, 0.25) is 0 Å². The zero-order valence-electron chi connectivity index (χ0n) is 13.3. The standard InChI is InChI=1S/C16H21F2NO4/c1-15(2,3)23-14(22)19-5-8-6-4-7(9(8)12(19)13(20)21)11-10(6)16(11,17)18/h6-12H,4-5H2,1-3H3,(H,20,21)/t6-,7+,8-,9+,10-,11+,12+/m1/s1. The molecule has 1 amide bonds. The molecule has 0 radical (unpaired) electrons. The second kappa shape index (κ2) is 4.16. The number of likely N-dealkylation sites (tertiary alicyclic amines) is 1. The fourth-order valence-corrected chi connectivity index (χ4v) is 5.61. The fourth-order valence-electron chi connectivity index (χ4n) is 5.61. The highest BCUT2D eigenvalue weighted by molar-refractivity contribution is 5.81. The van der Waals surface area contributed by atoms with Gasteiger partial charge in [-0.1, -0.05) is 0 Å². The molecule has 1 heterocycles. The van der Waals surface area contributed by atoms with Crippen LogP contribution >= 0.6 is 0 Å². The Morgan fingerprint density at radius 3 is 2.35 bits per heavy atom. The van der Waals surface area contributed by atoms with E-state index >= 15 is 0 Å². The molecular weight excluding hydrogens is 308 g/mol. The summed E-state index contributed by atoms with van der Waals surface area (Å²) >= 11 is 0. The summed E-state index contributed by atoms with van der Waals surface area (Å²) in [6.45, 7) is 5.38. The number of amides is 1. The maximum atomic E-state index is 13.8. The molecule has 4 aliphatic rings. The molecule has 4 fully saturated rings. The number of carbonyl (C=O) groups is 2. The predicted octanol–water partition coefficient (Wildman–Crippen LogP) is 2.45. The van der Waals surface area contributed by atoms with E-state index in [9.17, 15) is 23.5 Å². The van der Waals surface area contributed by atoms with E-state index in [0.29, 0.717) is 6.42 Å². The molecule has 0 aromatic heterocycles. The number of carboxylic acid groups (broad SMARTS) is 1. The molecule has 7 heteroatoms. The Hall–Kier alpha value is -1.40. The molecule has 7 atom stereocenters. The number of hydrogen-bond acceptors (Lipinski definition) is 3. The van der Waals surface area contributed by atoms with Crippen molar-refractivity contribution in [1.82, 2.24) is 4.90 Å². The molecular formula is C16H21F2NO4. The average Bonchev–Trinajstić information content (AvgIpc) is 2.80. The second-order valence-electron chi connectivity index (χ2n) is 8.45. The lowest BCUT2D eigenvalue weighted by molar-refractivity contribution is -0.144. The summed E-state index contributed by atoms with van der Waals surface area (Å²) in [5.41, 5.74) is -0.716. The van der Waals surface area contributed by atoms with Crippen LogP contribution in [0.2, 0.25) is 0 Å². The number of hydrogen-bond donors (Lipinski definition) is 1. The summed E-state index contributed by atoms with van der Waals surface area (Å²) in [7, 11) is 0.